The molecule has 116 valence electrons. The lowest BCUT2D eigenvalue weighted by atomic mass is 10.1. The first-order valence-corrected chi connectivity index (χ1v) is 8.71. The first kappa shape index (κ1) is 17.4. The van der Waals surface area contributed by atoms with Crippen molar-refractivity contribution in [2.45, 2.75) is 12.5 Å². The molecule has 9 heteroatoms. The smallest absolute Gasteiger partial charge is 0.326 e. The largest absolute Gasteiger partial charge is 0.480 e. The molecule has 0 aliphatic rings. The number of aliphatic carboxylic acids is 1. The number of carboxylic acid groups (broad SMARTS) is 1. The van der Waals surface area contributed by atoms with Crippen molar-refractivity contribution in [3.8, 4) is 0 Å². The summed E-state index contributed by atoms with van der Waals surface area (Å²) in [6.45, 7) is 0. The Kier molecular flexibility index (Phi) is 5.73. The SMILES string of the molecule is CS(=O)(=O)CCC(NC(=O)c1cc(N)cc(Br)c1)C(=O)O. The number of benzene rings is 1. The van der Waals surface area contributed by atoms with Crippen LogP contribution < -0.4 is 11.1 Å². The van der Waals surface area contributed by atoms with Crippen molar-refractivity contribution >= 4 is 43.3 Å². The number of amides is 1. The van der Waals surface area contributed by atoms with Gasteiger partial charge in [-0.05, 0) is 24.6 Å². The van der Waals surface area contributed by atoms with Gasteiger partial charge in [-0.15, -0.1) is 0 Å². The van der Waals surface area contributed by atoms with E-state index in [1.54, 1.807) is 6.07 Å². The topological polar surface area (TPSA) is 127 Å². The van der Waals surface area contributed by atoms with Gasteiger partial charge in [0, 0.05) is 22.0 Å². The predicted molar refractivity (Wildman–Crippen MR) is 81.8 cm³/mol. The van der Waals surface area contributed by atoms with Gasteiger partial charge >= 0.3 is 5.97 Å². The third-order valence-electron chi connectivity index (χ3n) is 2.56. The van der Waals surface area contributed by atoms with Gasteiger partial charge in [-0.25, -0.2) is 13.2 Å². The lowest BCUT2D eigenvalue weighted by Crippen LogP contribution is -2.41. The molecule has 0 saturated carbocycles. The molecule has 0 aliphatic carbocycles. The van der Waals surface area contributed by atoms with Gasteiger partial charge in [0.1, 0.15) is 15.9 Å². The number of rotatable bonds is 6. The average Bonchev–Trinajstić information content (AvgIpc) is 2.31. The molecule has 1 amide bonds. The highest BCUT2D eigenvalue weighted by atomic mass is 79.9. The number of anilines is 1. The van der Waals surface area contributed by atoms with Gasteiger partial charge in [-0.3, -0.25) is 4.79 Å². The number of nitrogen functional groups attached to an aromatic ring is 1. The van der Waals surface area contributed by atoms with E-state index in [4.69, 9.17) is 10.8 Å². The van der Waals surface area contributed by atoms with E-state index in [9.17, 15) is 18.0 Å². The number of carboxylic acids is 1. The van der Waals surface area contributed by atoms with Crippen LogP contribution in [0.1, 0.15) is 16.8 Å². The molecule has 0 bridgehead atoms. The second kappa shape index (κ2) is 6.90. The number of nitrogens with two attached hydrogens (primary N) is 1. The first-order valence-electron chi connectivity index (χ1n) is 5.86. The van der Waals surface area contributed by atoms with E-state index in [0.717, 1.165) is 6.26 Å². The fourth-order valence-corrected chi connectivity index (χ4v) is 2.75. The summed E-state index contributed by atoms with van der Waals surface area (Å²) in [5.41, 5.74) is 6.13. The lowest BCUT2D eigenvalue weighted by molar-refractivity contribution is -0.139. The van der Waals surface area contributed by atoms with E-state index in [-0.39, 0.29) is 17.7 Å². The first-order chi connectivity index (χ1) is 9.58. The fraction of sp³-hybridized carbons (Fsp3) is 0.333. The van der Waals surface area contributed by atoms with Crippen LogP contribution in [0.4, 0.5) is 5.69 Å². The Bertz CT molecular complexity index is 639. The van der Waals surface area contributed by atoms with Crippen LogP contribution in [0.15, 0.2) is 22.7 Å². The zero-order chi connectivity index (χ0) is 16.2. The van der Waals surface area contributed by atoms with Crippen molar-refractivity contribution in [2.24, 2.45) is 0 Å². The number of sulfone groups is 1. The average molecular weight is 379 g/mol. The molecule has 4 N–H and O–H groups in total. The second-order valence-electron chi connectivity index (χ2n) is 4.56. The highest BCUT2D eigenvalue weighted by molar-refractivity contribution is 9.10. The molecule has 1 unspecified atom stereocenters. The molecule has 0 heterocycles. The predicted octanol–water partition coefficient (Wildman–Crippen LogP) is 0.649. The van der Waals surface area contributed by atoms with Crippen molar-refractivity contribution in [1.29, 1.82) is 0 Å². The normalized spacial score (nSPS) is 12.7. The Hall–Kier alpha value is -1.61. The minimum absolute atomic E-state index is 0.187. The molecule has 1 aromatic carbocycles. The molecule has 0 radical (unpaired) electrons. The molecule has 7 nitrogen and oxygen atoms in total. The maximum absolute atomic E-state index is 12.0. The van der Waals surface area contributed by atoms with Crippen LogP contribution in [0.3, 0.4) is 0 Å². The van der Waals surface area contributed by atoms with Crippen molar-refractivity contribution in [1.82, 2.24) is 5.32 Å². The maximum Gasteiger partial charge on any atom is 0.326 e. The quantitative estimate of drug-likeness (QED) is 0.623. The van der Waals surface area contributed by atoms with Gasteiger partial charge in [-0.1, -0.05) is 15.9 Å². The Balaban J connectivity index is 2.83. The maximum atomic E-state index is 12.0. The zero-order valence-electron chi connectivity index (χ0n) is 11.2. The van der Waals surface area contributed by atoms with Crippen LogP contribution in [-0.2, 0) is 14.6 Å². The third-order valence-corrected chi connectivity index (χ3v) is 4.00. The number of halogens is 1. The summed E-state index contributed by atoms with van der Waals surface area (Å²) in [4.78, 5) is 23.1. The Morgan fingerprint density at radius 1 is 1.38 bits per heavy atom. The molecule has 0 saturated heterocycles. The fourth-order valence-electron chi connectivity index (χ4n) is 1.57. The van der Waals surface area contributed by atoms with E-state index in [1.807, 2.05) is 0 Å². The molecule has 21 heavy (non-hydrogen) atoms. The van der Waals surface area contributed by atoms with Crippen molar-refractivity contribution < 1.29 is 23.1 Å². The minimum Gasteiger partial charge on any atom is -0.480 e. The number of nitrogens with one attached hydrogen (secondary N) is 1. The van der Waals surface area contributed by atoms with E-state index < -0.39 is 27.8 Å². The summed E-state index contributed by atoms with van der Waals surface area (Å²) in [6, 6.07) is 3.19. The molecule has 1 atom stereocenters. The Morgan fingerprint density at radius 2 is 2.00 bits per heavy atom. The van der Waals surface area contributed by atoms with Crippen LogP contribution in [-0.4, -0.2) is 43.5 Å². The van der Waals surface area contributed by atoms with Crippen molar-refractivity contribution in [3.63, 3.8) is 0 Å². The number of hydrogen-bond acceptors (Lipinski definition) is 5. The summed E-state index contributed by atoms with van der Waals surface area (Å²) in [5.74, 6) is -2.26. The molecule has 0 aromatic heterocycles. The van der Waals surface area contributed by atoms with Gasteiger partial charge in [-0.2, -0.15) is 0 Å². The molecule has 0 spiro atoms. The molecular formula is C12H15BrN2O5S. The standard InChI is InChI=1S/C12H15BrN2O5S/c1-21(19,20)3-2-10(12(17)18)15-11(16)7-4-8(13)6-9(14)5-7/h4-6,10H,2-3,14H2,1H3,(H,15,16)(H,17,18). The van der Waals surface area contributed by atoms with E-state index >= 15 is 0 Å². The Labute approximate surface area is 130 Å². The third kappa shape index (κ3) is 6.13. The minimum atomic E-state index is -3.31. The summed E-state index contributed by atoms with van der Waals surface area (Å²) in [7, 11) is -3.31. The lowest BCUT2D eigenvalue weighted by Gasteiger charge is -2.14. The molecule has 1 aromatic rings. The number of carbonyl (C=O) groups is 2. The molecular weight excluding hydrogens is 364 g/mol. The molecule has 0 aliphatic heterocycles. The molecule has 1 rings (SSSR count). The van der Waals surface area contributed by atoms with Gasteiger partial charge in [0.25, 0.3) is 5.91 Å². The van der Waals surface area contributed by atoms with Gasteiger partial charge in [0.15, 0.2) is 0 Å². The zero-order valence-corrected chi connectivity index (χ0v) is 13.6. The van der Waals surface area contributed by atoms with Crippen LogP contribution >= 0.6 is 15.9 Å². The van der Waals surface area contributed by atoms with Crippen molar-refractivity contribution in [2.75, 3.05) is 17.7 Å². The summed E-state index contributed by atoms with van der Waals surface area (Å²) < 4.78 is 22.7. The van der Waals surface area contributed by atoms with Crippen molar-refractivity contribution in [3.05, 3.63) is 28.2 Å². The van der Waals surface area contributed by atoms with Crippen LogP contribution in [0.2, 0.25) is 0 Å². The van der Waals surface area contributed by atoms with Gasteiger partial charge < -0.3 is 16.2 Å². The molecule has 0 fully saturated rings. The second-order valence-corrected chi connectivity index (χ2v) is 7.73. The highest BCUT2D eigenvalue weighted by Gasteiger charge is 2.22. The summed E-state index contributed by atoms with van der Waals surface area (Å²) in [5, 5.41) is 11.3. The van der Waals surface area contributed by atoms with Gasteiger partial charge in [0.2, 0.25) is 0 Å². The summed E-state index contributed by atoms with van der Waals surface area (Å²) >= 11 is 3.18. The number of hydrogen-bond donors (Lipinski definition) is 3. The Morgan fingerprint density at radius 3 is 2.48 bits per heavy atom. The van der Waals surface area contributed by atoms with E-state index in [1.165, 1.54) is 12.1 Å². The highest BCUT2D eigenvalue weighted by Crippen LogP contribution is 2.17. The van der Waals surface area contributed by atoms with Crippen LogP contribution in [0, 0.1) is 0 Å². The van der Waals surface area contributed by atoms with E-state index in [2.05, 4.69) is 21.2 Å². The van der Waals surface area contributed by atoms with E-state index in [0.29, 0.717) is 10.2 Å². The summed E-state index contributed by atoms with van der Waals surface area (Å²) in [6.07, 6.45) is 0.798. The van der Waals surface area contributed by atoms with Gasteiger partial charge in [0.05, 0.1) is 5.75 Å². The monoisotopic (exact) mass is 378 g/mol. The number of carbonyl (C=O) groups excluding carboxylic acids is 1. The van der Waals surface area contributed by atoms with Crippen LogP contribution in [0.5, 0.6) is 0 Å². The van der Waals surface area contributed by atoms with Crippen LogP contribution in [0.25, 0.3) is 0 Å².